The second-order valence-electron chi connectivity index (χ2n) is 7.10. The molecule has 1 N–H and O–H groups in total. The number of halogens is 1. The van der Waals surface area contributed by atoms with Gasteiger partial charge in [0.1, 0.15) is 17.3 Å². The fourth-order valence-corrected chi connectivity index (χ4v) is 4.86. The van der Waals surface area contributed by atoms with Crippen molar-refractivity contribution in [2.75, 3.05) is 42.8 Å². The molecule has 4 rings (SSSR count). The molecule has 29 heavy (non-hydrogen) atoms. The largest absolute Gasteiger partial charge is 0.360 e. The Morgan fingerprint density at radius 1 is 1.10 bits per heavy atom. The Bertz CT molecular complexity index is 1100. The van der Waals surface area contributed by atoms with Crippen molar-refractivity contribution in [1.29, 1.82) is 0 Å². The summed E-state index contributed by atoms with van der Waals surface area (Å²) >= 11 is 0. The predicted molar refractivity (Wildman–Crippen MR) is 115 cm³/mol. The molecule has 0 spiro atoms. The molecule has 0 unspecified atom stereocenters. The molecule has 1 saturated heterocycles. The van der Waals surface area contributed by atoms with Gasteiger partial charge in [-0.05, 0) is 32.3 Å². The summed E-state index contributed by atoms with van der Waals surface area (Å²) in [5.74, 6) is 1.33. The second kappa shape index (κ2) is 8.17. The lowest BCUT2D eigenvalue weighted by molar-refractivity contribution is 0.312. The third-order valence-corrected chi connectivity index (χ3v) is 6.60. The highest BCUT2D eigenvalue weighted by molar-refractivity contribution is 7.92. The van der Waals surface area contributed by atoms with Crippen LogP contribution in [-0.2, 0) is 10.0 Å². The summed E-state index contributed by atoms with van der Waals surface area (Å²) in [6, 6.07) is 9.64. The van der Waals surface area contributed by atoms with Crippen LogP contribution in [0.4, 0.5) is 11.6 Å². The zero-order valence-electron chi connectivity index (χ0n) is 16.5. The number of aromatic nitrogens is 2. The van der Waals surface area contributed by atoms with Gasteiger partial charge in [-0.25, -0.2) is 13.4 Å². The number of rotatable bonds is 4. The molecule has 0 saturated carbocycles. The number of benzene rings is 1. The van der Waals surface area contributed by atoms with E-state index in [0.29, 0.717) is 5.69 Å². The Morgan fingerprint density at radius 3 is 2.45 bits per heavy atom. The van der Waals surface area contributed by atoms with Crippen LogP contribution in [0.25, 0.3) is 10.8 Å². The van der Waals surface area contributed by atoms with E-state index >= 15 is 0 Å². The number of aryl methyl sites for hydroxylation is 2. The highest BCUT2D eigenvalue weighted by atomic mass is 35.5. The molecule has 3 heterocycles. The van der Waals surface area contributed by atoms with Crippen LogP contribution in [-0.4, -0.2) is 56.7 Å². The van der Waals surface area contributed by atoms with Gasteiger partial charge in [-0.3, -0.25) is 4.72 Å². The maximum Gasteiger partial charge on any atom is 0.268 e. The monoisotopic (exact) mass is 437 g/mol. The van der Waals surface area contributed by atoms with Crippen LogP contribution in [0.15, 0.2) is 39.8 Å². The summed E-state index contributed by atoms with van der Waals surface area (Å²) in [7, 11) is -1.76. The minimum Gasteiger partial charge on any atom is -0.360 e. The van der Waals surface area contributed by atoms with Crippen molar-refractivity contribution in [2.45, 2.75) is 18.7 Å². The van der Waals surface area contributed by atoms with Crippen molar-refractivity contribution in [3.05, 3.63) is 41.8 Å². The smallest absolute Gasteiger partial charge is 0.268 e. The van der Waals surface area contributed by atoms with E-state index in [1.165, 1.54) is 0 Å². The van der Waals surface area contributed by atoms with Crippen molar-refractivity contribution in [3.63, 3.8) is 0 Å². The van der Waals surface area contributed by atoms with E-state index in [4.69, 9.17) is 4.52 Å². The third-order valence-electron chi connectivity index (χ3n) is 5.00. The first-order chi connectivity index (χ1) is 13.3. The van der Waals surface area contributed by atoms with Gasteiger partial charge in [0.2, 0.25) is 0 Å². The van der Waals surface area contributed by atoms with E-state index < -0.39 is 10.0 Å². The van der Waals surface area contributed by atoms with Gasteiger partial charge in [0.25, 0.3) is 10.0 Å². The van der Waals surface area contributed by atoms with Crippen molar-refractivity contribution in [2.24, 2.45) is 0 Å². The molecule has 1 fully saturated rings. The number of fused-ring (bicyclic) bond motifs is 1. The predicted octanol–water partition coefficient (Wildman–Crippen LogP) is 2.81. The molecule has 1 aliphatic rings. The fourth-order valence-electron chi connectivity index (χ4n) is 3.54. The summed E-state index contributed by atoms with van der Waals surface area (Å²) in [6.07, 6.45) is 0. The Labute approximate surface area is 176 Å². The molecular formula is C19H24ClN5O3S. The summed E-state index contributed by atoms with van der Waals surface area (Å²) in [5.41, 5.74) is 0.324. The summed E-state index contributed by atoms with van der Waals surface area (Å²) in [4.78, 5) is 9.20. The molecule has 10 heteroatoms. The molecule has 0 amide bonds. The number of piperazine rings is 1. The Kier molecular flexibility index (Phi) is 6.02. The summed E-state index contributed by atoms with van der Waals surface area (Å²) in [5, 5.41) is 5.68. The van der Waals surface area contributed by atoms with E-state index in [1.807, 2.05) is 24.3 Å². The second-order valence-corrected chi connectivity index (χ2v) is 8.72. The van der Waals surface area contributed by atoms with Crippen LogP contribution >= 0.6 is 12.4 Å². The zero-order valence-corrected chi connectivity index (χ0v) is 18.2. The number of sulfonamides is 1. The fraction of sp³-hybridized carbons (Fsp3) is 0.368. The molecule has 8 nitrogen and oxygen atoms in total. The Hall–Kier alpha value is -2.36. The van der Waals surface area contributed by atoms with Crippen LogP contribution < -0.4 is 9.62 Å². The van der Waals surface area contributed by atoms with Crippen molar-refractivity contribution in [1.82, 2.24) is 15.0 Å². The maximum atomic E-state index is 12.9. The number of nitrogens with zero attached hydrogens (tertiary/aromatic N) is 4. The van der Waals surface area contributed by atoms with Crippen molar-refractivity contribution < 1.29 is 12.9 Å². The first kappa shape index (κ1) is 21.4. The van der Waals surface area contributed by atoms with Crippen LogP contribution in [0.1, 0.15) is 11.5 Å². The third kappa shape index (κ3) is 4.17. The van der Waals surface area contributed by atoms with Gasteiger partial charge in [-0.1, -0.05) is 29.4 Å². The van der Waals surface area contributed by atoms with Gasteiger partial charge in [0, 0.05) is 31.6 Å². The first-order valence-corrected chi connectivity index (χ1v) is 10.6. The standard InChI is InChI=1S/C19H23N5O3S.ClH/c1-13-18(14(2)27-21-13)28(25,26)22-17-12-15-6-4-5-7-16(15)19(20-17)24-10-8-23(3)9-11-24;/h4-7,12H,8-11H2,1-3H3,(H,20,22);1H. The lowest BCUT2D eigenvalue weighted by Gasteiger charge is -2.34. The SMILES string of the molecule is Cc1noc(C)c1S(=O)(=O)Nc1cc2ccccc2c(N2CCN(C)CC2)n1.Cl. The van der Waals surface area contributed by atoms with Crippen molar-refractivity contribution in [3.8, 4) is 0 Å². The van der Waals surface area contributed by atoms with Gasteiger partial charge >= 0.3 is 0 Å². The molecule has 156 valence electrons. The molecule has 0 aliphatic carbocycles. The highest BCUT2D eigenvalue weighted by Gasteiger charge is 2.26. The Balaban J connectivity index is 0.00000240. The number of pyridine rings is 1. The lowest BCUT2D eigenvalue weighted by Crippen LogP contribution is -2.45. The minimum absolute atomic E-state index is 0. The molecule has 1 aliphatic heterocycles. The molecule has 3 aromatic rings. The van der Waals surface area contributed by atoms with E-state index in [1.54, 1.807) is 19.9 Å². The first-order valence-electron chi connectivity index (χ1n) is 9.14. The van der Waals surface area contributed by atoms with E-state index in [2.05, 4.69) is 31.7 Å². The van der Waals surface area contributed by atoms with Gasteiger partial charge in [-0.15, -0.1) is 12.4 Å². The molecular weight excluding hydrogens is 414 g/mol. The normalized spacial score (nSPS) is 15.3. The van der Waals surface area contributed by atoms with Crippen LogP contribution in [0.5, 0.6) is 0 Å². The molecule has 2 aromatic heterocycles. The van der Waals surface area contributed by atoms with Crippen LogP contribution in [0.3, 0.4) is 0 Å². The van der Waals surface area contributed by atoms with E-state index in [0.717, 1.165) is 42.8 Å². The van der Waals surface area contributed by atoms with Crippen molar-refractivity contribution >= 4 is 44.8 Å². The van der Waals surface area contributed by atoms with Gasteiger partial charge in [0.05, 0.1) is 0 Å². The molecule has 0 bridgehead atoms. The zero-order chi connectivity index (χ0) is 19.9. The van der Waals surface area contributed by atoms with Crippen LogP contribution in [0.2, 0.25) is 0 Å². The Morgan fingerprint density at radius 2 is 1.79 bits per heavy atom. The number of anilines is 2. The maximum absolute atomic E-state index is 12.9. The average Bonchev–Trinajstić information content (AvgIpc) is 3.00. The average molecular weight is 438 g/mol. The minimum atomic E-state index is -3.85. The van der Waals surface area contributed by atoms with Crippen LogP contribution in [0, 0.1) is 13.8 Å². The van der Waals surface area contributed by atoms with E-state index in [9.17, 15) is 8.42 Å². The quantitative estimate of drug-likeness (QED) is 0.670. The van der Waals surface area contributed by atoms with Gasteiger partial charge < -0.3 is 14.3 Å². The number of nitrogens with one attached hydrogen (secondary N) is 1. The molecule has 1 aromatic carbocycles. The molecule has 0 radical (unpaired) electrons. The van der Waals surface area contributed by atoms with Gasteiger partial charge in [-0.2, -0.15) is 0 Å². The van der Waals surface area contributed by atoms with Gasteiger partial charge in [0.15, 0.2) is 10.7 Å². The van der Waals surface area contributed by atoms with E-state index in [-0.39, 0.29) is 28.9 Å². The molecule has 0 atom stereocenters. The highest BCUT2D eigenvalue weighted by Crippen LogP contribution is 2.30. The lowest BCUT2D eigenvalue weighted by atomic mass is 10.1. The topological polar surface area (TPSA) is 91.6 Å². The summed E-state index contributed by atoms with van der Waals surface area (Å²) < 4.78 is 33.4. The number of hydrogen-bond donors (Lipinski definition) is 1. The number of likely N-dealkylation sites (N-methyl/N-ethyl adjacent to an activating group) is 1. The summed E-state index contributed by atoms with van der Waals surface area (Å²) in [6.45, 7) is 6.74. The number of hydrogen-bond acceptors (Lipinski definition) is 7.